The topological polar surface area (TPSA) is 101 Å². The fourth-order valence-corrected chi connectivity index (χ4v) is 5.18. The number of hydrogen-bond acceptors (Lipinski definition) is 7. The number of carbonyl (C=O) groups excluding carboxylic acids is 3. The van der Waals surface area contributed by atoms with Crippen LogP contribution in [-0.4, -0.2) is 92.7 Å². The average Bonchev–Trinajstić information content (AvgIpc) is 2.95. The summed E-state index contributed by atoms with van der Waals surface area (Å²) in [6.07, 6.45) is 0. The molecule has 40 heavy (non-hydrogen) atoms. The molecule has 1 N–H and O–H groups in total. The Morgan fingerprint density at radius 1 is 1.10 bits per heavy atom. The van der Waals surface area contributed by atoms with E-state index in [4.69, 9.17) is 14.2 Å². The van der Waals surface area contributed by atoms with Crippen molar-refractivity contribution in [3.8, 4) is 11.5 Å². The Kier molecular flexibility index (Phi) is 8.93. The number of carbonyl (C=O) groups is 3. The predicted octanol–water partition coefficient (Wildman–Crippen LogP) is 3.20. The van der Waals surface area contributed by atoms with Gasteiger partial charge in [-0.05, 0) is 44.2 Å². The van der Waals surface area contributed by atoms with E-state index in [1.165, 1.54) is 31.3 Å². The lowest BCUT2D eigenvalue weighted by Crippen LogP contribution is -2.56. The van der Waals surface area contributed by atoms with Crippen molar-refractivity contribution >= 4 is 17.9 Å². The summed E-state index contributed by atoms with van der Waals surface area (Å²) in [6, 6.07) is 9.65. The van der Waals surface area contributed by atoms with Gasteiger partial charge in [0.15, 0.2) is 0 Å². The predicted molar refractivity (Wildman–Crippen MR) is 146 cm³/mol. The van der Waals surface area contributed by atoms with Crippen molar-refractivity contribution in [1.82, 2.24) is 20.0 Å². The van der Waals surface area contributed by atoms with Crippen molar-refractivity contribution in [1.29, 1.82) is 0 Å². The van der Waals surface area contributed by atoms with E-state index in [1.54, 1.807) is 49.2 Å². The summed E-state index contributed by atoms with van der Waals surface area (Å²) in [4.78, 5) is 44.7. The van der Waals surface area contributed by atoms with E-state index >= 15 is 0 Å². The Hall–Kier alpha value is -4.12. The molecule has 10 nitrogen and oxygen atoms in total. The van der Waals surface area contributed by atoms with Crippen molar-refractivity contribution < 1.29 is 33.0 Å². The maximum Gasteiger partial charge on any atom is 0.338 e. The minimum Gasteiger partial charge on any atom is -0.497 e. The van der Waals surface area contributed by atoms with Gasteiger partial charge in [0.25, 0.3) is 5.91 Å². The number of esters is 1. The van der Waals surface area contributed by atoms with E-state index in [-0.39, 0.29) is 42.3 Å². The standard InChI is InChI=1S/C29H35FN4O6/c1-6-40-28(36)25-23(32(3)29(37)31-26(25)21-15-19(38-4)11-12-24(21)39-5)17-33-13-14-34(18(2)16-33)27(35)20-9-7-8-10-22(20)30/h7-12,15,18,26H,6,13-14,16-17H2,1-5H3,(H,31,37)/t18-,26-/m0/s1. The Bertz CT molecular complexity index is 1320. The van der Waals surface area contributed by atoms with Crippen molar-refractivity contribution in [3.63, 3.8) is 0 Å². The van der Waals surface area contributed by atoms with Crippen LogP contribution in [0.5, 0.6) is 11.5 Å². The molecule has 2 aromatic carbocycles. The van der Waals surface area contributed by atoms with Crippen LogP contribution in [0.25, 0.3) is 0 Å². The molecule has 1 fully saturated rings. The van der Waals surface area contributed by atoms with Crippen LogP contribution >= 0.6 is 0 Å². The molecule has 2 aliphatic rings. The second-order valence-electron chi connectivity index (χ2n) is 9.69. The van der Waals surface area contributed by atoms with Crippen molar-refractivity contribution in [3.05, 3.63) is 70.7 Å². The van der Waals surface area contributed by atoms with Crippen LogP contribution in [-0.2, 0) is 9.53 Å². The number of methoxy groups -OCH3 is 2. The average molecular weight is 555 g/mol. The summed E-state index contributed by atoms with van der Waals surface area (Å²) >= 11 is 0. The first-order chi connectivity index (χ1) is 19.2. The van der Waals surface area contributed by atoms with Gasteiger partial charge in [0, 0.05) is 50.5 Å². The lowest BCUT2D eigenvalue weighted by molar-refractivity contribution is -0.139. The van der Waals surface area contributed by atoms with Crippen LogP contribution < -0.4 is 14.8 Å². The molecule has 0 radical (unpaired) electrons. The molecule has 1 saturated heterocycles. The summed E-state index contributed by atoms with van der Waals surface area (Å²) in [7, 11) is 4.65. The van der Waals surface area contributed by atoms with Gasteiger partial charge in [0.05, 0.1) is 38.0 Å². The van der Waals surface area contributed by atoms with E-state index < -0.39 is 17.8 Å². The van der Waals surface area contributed by atoms with E-state index in [2.05, 4.69) is 10.2 Å². The van der Waals surface area contributed by atoms with Crippen molar-refractivity contribution in [2.75, 3.05) is 54.1 Å². The molecule has 0 bridgehead atoms. The van der Waals surface area contributed by atoms with Crippen LogP contribution in [0.1, 0.15) is 35.8 Å². The maximum atomic E-state index is 14.3. The Morgan fingerprint density at radius 2 is 1.85 bits per heavy atom. The minimum atomic E-state index is -0.843. The summed E-state index contributed by atoms with van der Waals surface area (Å²) in [5.41, 5.74) is 1.36. The highest BCUT2D eigenvalue weighted by molar-refractivity contribution is 5.96. The summed E-state index contributed by atoms with van der Waals surface area (Å²) in [6.45, 7) is 5.31. The highest BCUT2D eigenvalue weighted by Crippen LogP contribution is 2.38. The molecule has 0 unspecified atom stereocenters. The fourth-order valence-electron chi connectivity index (χ4n) is 5.18. The minimum absolute atomic E-state index is 0.0360. The summed E-state index contributed by atoms with van der Waals surface area (Å²) in [5.74, 6) is -0.458. The Morgan fingerprint density at radius 3 is 2.50 bits per heavy atom. The molecule has 0 aliphatic carbocycles. The number of nitrogens with zero attached hydrogens (tertiary/aromatic N) is 3. The van der Waals surface area contributed by atoms with E-state index in [1.807, 2.05) is 6.92 Å². The largest absolute Gasteiger partial charge is 0.497 e. The number of amides is 3. The molecular weight excluding hydrogens is 519 g/mol. The number of piperazine rings is 1. The maximum absolute atomic E-state index is 14.3. The molecule has 0 spiro atoms. The van der Waals surface area contributed by atoms with E-state index in [0.717, 1.165) is 0 Å². The van der Waals surface area contributed by atoms with Gasteiger partial charge in [0.1, 0.15) is 17.3 Å². The van der Waals surface area contributed by atoms with E-state index in [9.17, 15) is 18.8 Å². The van der Waals surface area contributed by atoms with Gasteiger partial charge in [0.2, 0.25) is 0 Å². The second kappa shape index (κ2) is 12.4. The summed E-state index contributed by atoms with van der Waals surface area (Å²) < 4.78 is 30.7. The number of hydrogen-bond donors (Lipinski definition) is 1. The number of halogens is 1. The quantitative estimate of drug-likeness (QED) is 0.500. The lowest BCUT2D eigenvalue weighted by atomic mass is 9.93. The third kappa shape index (κ3) is 5.74. The van der Waals surface area contributed by atoms with Gasteiger partial charge in [-0.2, -0.15) is 0 Å². The number of likely N-dealkylation sites (N-methyl/N-ethyl adjacent to an activating group) is 1. The summed E-state index contributed by atoms with van der Waals surface area (Å²) in [5, 5.41) is 2.91. The van der Waals surface area contributed by atoms with Gasteiger partial charge in [-0.15, -0.1) is 0 Å². The molecule has 11 heteroatoms. The highest BCUT2D eigenvalue weighted by Gasteiger charge is 2.39. The number of rotatable bonds is 8. The SMILES string of the molecule is CCOC(=O)C1=C(CN2CCN(C(=O)c3ccccc3F)[C@@H](C)C2)N(C)C(=O)N[C@H]1c1cc(OC)ccc1OC. The molecule has 4 rings (SSSR count). The van der Waals surface area contributed by atoms with Gasteiger partial charge >= 0.3 is 12.0 Å². The monoisotopic (exact) mass is 554 g/mol. The molecule has 0 saturated carbocycles. The molecule has 2 atom stereocenters. The zero-order valence-electron chi connectivity index (χ0n) is 23.4. The van der Waals surface area contributed by atoms with Gasteiger partial charge in [-0.1, -0.05) is 12.1 Å². The number of ether oxygens (including phenoxy) is 3. The second-order valence-corrected chi connectivity index (χ2v) is 9.69. The lowest BCUT2D eigenvalue weighted by Gasteiger charge is -2.42. The van der Waals surface area contributed by atoms with Gasteiger partial charge in [-0.3, -0.25) is 14.6 Å². The Labute approximate surface area is 233 Å². The van der Waals surface area contributed by atoms with E-state index in [0.29, 0.717) is 42.4 Å². The third-order valence-electron chi connectivity index (χ3n) is 7.27. The normalized spacial score (nSPS) is 19.8. The molecule has 2 heterocycles. The zero-order chi connectivity index (χ0) is 29.0. The number of urea groups is 1. The number of benzene rings is 2. The first-order valence-corrected chi connectivity index (χ1v) is 13.1. The van der Waals surface area contributed by atoms with Crippen LogP contribution in [0, 0.1) is 5.82 Å². The highest BCUT2D eigenvalue weighted by atomic mass is 19.1. The third-order valence-corrected chi connectivity index (χ3v) is 7.27. The zero-order valence-corrected chi connectivity index (χ0v) is 23.4. The number of nitrogens with one attached hydrogen (secondary N) is 1. The molecule has 3 amide bonds. The van der Waals surface area contributed by atoms with Crippen LogP contribution in [0.3, 0.4) is 0 Å². The first kappa shape index (κ1) is 28.9. The molecule has 2 aromatic rings. The molecule has 2 aliphatic heterocycles. The van der Waals surface area contributed by atoms with Crippen molar-refractivity contribution in [2.24, 2.45) is 0 Å². The van der Waals surface area contributed by atoms with Crippen LogP contribution in [0.15, 0.2) is 53.7 Å². The first-order valence-electron chi connectivity index (χ1n) is 13.1. The molecule has 0 aromatic heterocycles. The van der Waals surface area contributed by atoms with Gasteiger partial charge < -0.3 is 24.4 Å². The van der Waals surface area contributed by atoms with Crippen LogP contribution in [0.4, 0.5) is 9.18 Å². The molecule has 214 valence electrons. The van der Waals surface area contributed by atoms with Crippen LogP contribution in [0.2, 0.25) is 0 Å². The Balaban J connectivity index is 1.66. The van der Waals surface area contributed by atoms with Crippen molar-refractivity contribution in [2.45, 2.75) is 25.9 Å². The molecular formula is C29H35FN4O6. The fraction of sp³-hybridized carbons (Fsp3) is 0.414. The van der Waals surface area contributed by atoms with Gasteiger partial charge in [-0.25, -0.2) is 14.0 Å². The smallest absolute Gasteiger partial charge is 0.338 e.